The van der Waals surface area contributed by atoms with Crippen LogP contribution < -0.4 is 5.32 Å². The maximum absolute atomic E-state index is 12.5. The minimum absolute atomic E-state index is 0.0322. The van der Waals surface area contributed by atoms with E-state index in [0.29, 0.717) is 6.54 Å². The van der Waals surface area contributed by atoms with Gasteiger partial charge in [0.05, 0.1) is 6.04 Å². The van der Waals surface area contributed by atoms with E-state index in [1.807, 2.05) is 12.1 Å². The van der Waals surface area contributed by atoms with Crippen molar-refractivity contribution in [3.8, 4) is 0 Å². The van der Waals surface area contributed by atoms with Crippen molar-refractivity contribution in [2.75, 3.05) is 19.6 Å². The average molecular weight is 397 g/mol. The fourth-order valence-electron chi connectivity index (χ4n) is 4.36. The Labute approximate surface area is 170 Å². The Kier molecular flexibility index (Phi) is 6.23. The molecule has 4 nitrogen and oxygen atoms in total. The third-order valence-corrected chi connectivity index (χ3v) is 6.92. The summed E-state index contributed by atoms with van der Waals surface area (Å²) in [4.78, 5) is 28.6. The SMILES string of the molecule is O=C(CCC(=O)c1ccc2c(c1)CCC2)NCC(c1cccs1)N1CCCC1. The molecule has 5 heteroatoms. The number of amides is 1. The third-order valence-electron chi connectivity index (χ3n) is 5.95. The standard InChI is InChI=1S/C23H28N2O2S/c26-21(19-9-8-17-5-3-6-18(17)15-19)10-11-23(27)24-16-20(22-7-4-14-28-22)25-12-1-2-13-25/h4,7-9,14-15,20H,1-3,5-6,10-13,16H2,(H,24,27). The maximum atomic E-state index is 12.5. The Morgan fingerprint density at radius 3 is 2.64 bits per heavy atom. The Morgan fingerprint density at radius 1 is 1.04 bits per heavy atom. The lowest BCUT2D eigenvalue weighted by Crippen LogP contribution is -2.36. The summed E-state index contributed by atoms with van der Waals surface area (Å²) >= 11 is 1.75. The van der Waals surface area contributed by atoms with Crippen LogP contribution in [0, 0.1) is 0 Å². The lowest BCUT2D eigenvalue weighted by Gasteiger charge is -2.26. The number of thiophene rings is 1. The summed E-state index contributed by atoms with van der Waals surface area (Å²) in [5, 5.41) is 5.16. The number of likely N-dealkylation sites (tertiary alicyclic amines) is 1. The zero-order valence-corrected chi connectivity index (χ0v) is 17.1. The summed E-state index contributed by atoms with van der Waals surface area (Å²) in [6.45, 7) is 2.80. The highest BCUT2D eigenvalue weighted by molar-refractivity contribution is 7.10. The zero-order chi connectivity index (χ0) is 19.3. The Morgan fingerprint density at radius 2 is 1.86 bits per heavy atom. The number of nitrogens with one attached hydrogen (secondary N) is 1. The van der Waals surface area contributed by atoms with Gasteiger partial charge in [0.15, 0.2) is 5.78 Å². The van der Waals surface area contributed by atoms with Gasteiger partial charge in [-0.3, -0.25) is 14.5 Å². The van der Waals surface area contributed by atoms with E-state index >= 15 is 0 Å². The minimum Gasteiger partial charge on any atom is -0.354 e. The van der Waals surface area contributed by atoms with Gasteiger partial charge in [-0.05, 0) is 73.8 Å². The Bertz CT molecular complexity index is 825. The molecule has 148 valence electrons. The van der Waals surface area contributed by atoms with E-state index in [4.69, 9.17) is 0 Å². The number of benzene rings is 1. The van der Waals surface area contributed by atoms with Gasteiger partial charge in [0.2, 0.25) is 5.91 Å². The number of carbonyl (C=O) groups is 2. The van der Waals surface area contributed by atoms with Crippen LogP contribution in [0.5, 0.6) is 0 Å². The molecule has 0 radical (unpaired) electrons. The van der Waals surface area contributed by atoms with E-state index in [-0.39, 0.29) is 30.6 Å². The second-order valence-corrected chi connectivity index (χ2v) is 8.82. The van der Waals surface area contributed by atoms with E-state index in [2.05, 4.69) is 33.8 Å². The van der Waals surface area contributed by atoms with Crippen molar-refractivity contribution >= 4 is 23.0 Å². The van der Waals surface area contributed by atoms with Crippen molar-refractivity contribution in [2.45, 2.75) is 51.0 Å². The average Bonchev–Trinajstić information content (AvgIpc) is 3.48. The molecule has 2 heterocycles. The molecule has 0 saturated carbocycles. The predicted octanol–water partition coefficient (Wildman–Crippen LogP) is 4.15. The van der Waals surface area contributed by atoms with Crippen LogP contribution in [0.25, 0.3) is 0 Å². The molecule has 28 heavy (non-hydrogen) atoms. The van der Waals surface area contributed by atoms with Gasteiger partial charge in [-0.2, -0.15) is 0 Å². The minimum atomic E-state index is -0.0322. The van der Waals surface area contributed by atoms with Gasteiger partial charge in [0.1, 0.15) is 0 Å². The van der Waals surface area contributed by atoms with Crippen LogP contribution in [0.3, 0.4) is 0 Å². The molecular weight excluding hydrogens is 368 g/mol. The molecule has 1 saturated heterocycles. The molecule has 2 aliphatic rings. The quantitative estimate of drug-likeness (QED) is 0.682. The molecule has 1 aromatic carbocycles. The maximum Gasteiger partial charge on any atom is 0.220 e. The number of hydrogen-bond acceptors (Lipinski definition) is 4. The van der Waals surface area contributed by atoms with Crippen LogP contribution >= 0.6 is 11.3 Å². The molecule has 1 aliphatic carbocycles. The number of carbonyl (C=O) groups excluding carboxylic acids is 2. The van der Waals surface area contributed by atoms with Crippen LogP contribution in [0.4, 0.5) is 0 Å². The van der Waals surface area contributed by atoms with Crippen LogP contribution in [-0.2, 0) is 17.6 Å². The molecule has 1 aromatic heterocycles. The van der Waals surface area contributed by atoms with Gasteiger partial charge >= 0.3 is 0 Å². The Hall–Kier alpha value is -1.98. The number of aryl methyl sites for hydroxylation is 2. The lowest BCUT2D eigenvalue weighted by molar-refractivity contribution is -0.121. The van der Waals surface area contributed by atoms with Crippen molar-refractivity contribution in [1.82, 2.24) is 10.2 Å². The lowest BCUT2D eigenvalue weighted by atomic mass is 10.0. The fourth-order valence-corrected chi connectivity index (χ4v) is 5.22. The van der Waals surface area contributed by atoms with Gasteiger partial charge in [0.25, 0.3) is 0 Å². The van der Waals surface area contributed by atoms with E-state index in [1.165, 1.54) is 35.3 Å². The highest BCUT2D eigenvalue weighted by atomic mass is 32.1. The number of Topliss-reactive ketones (excluding diaryl/α,β-unsaturated/α-hetero) is 1. The molecular formula is C23H28N2O2S. The number of fused-ring (bicyclic) bond motifs is 1. The van der Waals surface area contributed by atoms with E-state index in [9.17, 15) is 9.59 Å². The van der Waals surface area contributed by atoms with Crippen LogP contribution in [0.1, 0.15) is 64.5 Å². The first-order chi connectivity index (χ1) is 13.7. The van der Waals surface area contributed by atoms with Gasteiger partial charge in [-0.1, -0.05) is 18.2 Å². The van der Waals surface area contributed by atoms with Crippen LogP contribution in [0.2, 0.25) is 0 Å². The first-order valence-corrected chi connectivity index (χ1v) is 11.3. The summed E-state index contributed by atoms with van der Waals surface area (Å²) in [6, 6.07) is 10.5. The first-order valence-electron chi connectivity index (χ1n) is 10.4. The van der Waals surface area contributed by atoms with Crippen molar-refractivity contribution in [2.24, 2.45) is 0 Å². The molecule has 0 bridgehead atoms. The van der Waals surface area contributed by atoms with Gasteiger partial charge in [-0.15, -0.1) is 11.3 Å². The molecule has 2 aromatic rings. The Balaban J connectivity index is 1.28. The summed E-state index contributed by atoms with van der Waals surface area (Å²) < 4.78 is 0. The molecule has 4 rings (SSSR count). The highest BCUT2D eigenvalue weighted by Crippen LogP contribution is 2.28. The molecule has 1 atom stereocenters. The van der Waals surface area contributed by atoms with Crippen LogP contribution in [-0.4, -0.2) is 36.2 Å². The summed E-state index contributed by atoms with van der Waals surface area (Å²) in [5.74, 6) is 0.0365. The normalized spacial score (nSPS) is 17.4. The van der Waals surface area contributed by atoms with Crippen molar-refractivity contribution in [3.63, 3.8) is 0 Å². The zero-order valence-electron chi connectivity index (χ0n) is 16.3. The predicted molar refractivity (Wildman–Crippen MR) is 113 cm³/mol. The number of hydrogen-bond donors (Lipinski definition) is 1. The highest BCUT2D eigenvalue weighted by Gasteiger charge is 2.24. The van der Waals surface area contributed by atoms with Gasteiger partial charge in [0, 0.05) is 29.8 Å². The smallest absolute Gasteiger partial charge is 0.220 e. The second-order valence-electron chi connectivity index (χ2n) is 7.84. The fraction of sp³-hybridized carbons (Fsp3) is 0.478. The molecule has 1 amide bonds. The number of nitrogens with zero attached hydrogens (tertiary/aromatic N) is 1. The number of rotatable bonds is 8. The molecule has 0 spiro atoms. The van der Waals surface area contributed by atoms with E-state index in [0.717, 1.165) is 31.5 Å². The van der Waals surface area contributed by atoms with E-state index < -0.39 is 0 Å². The van der Waals surface area contributed by atoms with Crippen molar-refractivity contribution in [3.05, 3.63) is 57.3 Å². The van der Waals surface area contributed by atoms with Gasteiger partial charge in [-0.25, -0.2) is 0 Å². The molecule has 1 unspecified atom stereocenters. The molecule has 1 N–H and O–H groups in total. The van der Waals surface area contributed by atoms with Gasteiger partial charge < -0.3 is 5.32 Å². The molecule has 1 aliphatic heterocycles. The summed E-state index contributed by atoms with van der Waals surface area (Å²) in [5.41, 5.74) is 3.43. The third kappa shape index (κ3) is 4.53. The van der Waals surface area contributed by atoms with Crippen molar-refractivity contribution in [1.29, 1.82) is 0 Å². The monoisotopic (exact) mass is 396 g/mol. The van der Waals surface area contributed by atoms with Crippen molar-refractivity contribution < 1.29 is 9.59 Å². The van der Waals surface area contributed by atoms with E-state index in [1.54, 1.807) is 11.3 Å². The topological polar surface area (TPSA) is 49.4 Å². The largest absolute Gasteiger partial charge is 0.354 e. The first kappa shape index (κ1) is 19.3. The number of ketones is 1. The second kappa shape index (κ2) is 9.01. The summed E-state index contributed by atoms with van der Waals surface area (Å²) in [7, 11) is 0. The summed E-state index contributed by atoms with van der Waals surface area (Å²) in [6.07, 6.45) is 6.35. The molecule has 1 fully saturated rings. The van der Waals surface area contributed by atoms with Crippen LogP contribution in [0.15, 0.2) is 35.7 Å².